The Hall–Kier alpha value is -2.94. The molecule has 1 aromatic rings. The van der Waals surface area contributed by atoms with Gasteiger partial charge in [-0.15, -0.1) is 0 Å². The summed E-state index contributed by atoms with van der Waals surface area (Å²) < 4.78 is 20.5. The second-order valence-electron chi connectivity index (χ2n) is 8.02. The average molecular weight is 452 g/mol. The highest BCUT2D eigenvalue weighted by atomic mass is 16.6. The zero-order valence-electron chi connectivity index (χ0n) is 19.6. The van der Waals surface area contributed by atoms with E-state index >= 15 is 0 Å². The number of hydrogen-bond donors (Lipinski definition) is 1. The van der Waals surface area contributed by atoms with Gasteiger partial charge in [0.2, 0.25) is 0 Å². The number of ether oxygens (including phenoxy) is 4. The van der Waals surface area contributed by atoms with Crippen LogP contribution in [0.4, 0.5) is 0 Å². The van der Waals surface area contributed by atoms with Gasteiger partial charge in [0.25, 0.3) is 0 Å². The van der Waals surface area contributed by atoms with Crippen molar-refractivity contribution in [1.82, 2.24) is 0 Å². The van der Waals surface area contributed by atoms with Gasteiger partial charge in [0, 0.05) is 33.1 Å². The van der Waals surface area contributed by atoms with Gasteiger partial charge in [-0.2, -0.15) is 0 Å². The minimum Gasteiger partial charge on any atom is -0.468 e. The van der Waals surface area contributed by atoms with Crippen LogP contribution in [0.25, 0.3) is 0 Å². The molecule has 0 spiro atoms. The number of methoxy groups -OCH3 is 1. The van der Waals surface area contributed by atoms with Crippen LogP contribution in [0.3, 0.4) is 0 Å². The maximum absolute atomic E-state index is 12.5. The molecule has 0 fully saturated rings. The lowest BCUT2D eigenvalue weighted by atomic mass is 9.86. The fraction of sp³-hybridized carbons (Fsp3) is 0.565. The molecule has 0 aliphatic carbocycles. The molecule has 32 heavy (non-hydrogen) atoms. The fourth-order valence-corrected chi connectivity index (χ4v) is 3.19. The molecule has 0 amide bonds. The zero-order chi connectivity index (χ0) is 24.5. The van der Waals surface area contributed by atoms with E-state index in [1.54, 1.807) is 13.0 Å². The number of rotatable bonds is 11. The maximum Gasteiger partial charge on any atom is 0.326 e. The van der Waals surface area contributed by atoms with E-state index < -0.39 is 29.6 Å². The lowest BCUT2D eigenvalue weighted by Gasteiger charge is -2.29. The molecule has 9 nitrogen and oxygen atoms in total. The number of benzene rings is 1. The molecule has 0 aromatic heterocycles. The van der Waals surface area contributed by atoms with Gasteiger partial charge in [0.1, 0.15) is 11.6 Å². The minimum atomic E-state index is -1.51. The van der Waals surface area contributed by atoms with Crippen LogP contribution in [-0.2, 0) is 35.1 Å². The Kier molecular flexibility index (Phi) is 10.3. The van der Waals surface area contributed by atoms with Gasteiger partial charge in [-0.3, -0.25) is 19.2 Å². The Morgan fingerprint density at radius 2 is 1.62 bits per heavy atom. The van der Waals surface area contributed by atoms with E-state index in [-0.39, 0.29) is 42.6 Å². The van der Waals surface area contributed by atoms with Crippen LogP contribution in [0.1, 0.15) is 59.4 Å². The van der Waals surface area contributed by atoms with Crippen LogP contribution in [-0.4, -0.2) is 42.6 Å². The van der Waals surface area contributed by atoms with Crippen LogP contribution >= 0.6 is 0 Å². The predicted molar refractivity (Wildman–Crippen MR) is 116 cm³/mol. The van der Waals surface area contributed by atoms with Gasteiger partial charge in [-0.25, -0.2) is 0 Å². The van der Waals surface area contributed by atoms with Gasteiger partial charge in [0.05, 0.1) is 7.11 Å². The summed E-state index contributed by atoms with van der Waals surface area (Å²) in [6.07, 6.45) is 0.506. The highest BCUT2D eigenvalue weighted by molar-refractivity contribution is 5.81. The monoisotopic (exact) mass is 451 g/mol. The van der Waals surface area contributed by atoms with Crippen molar-refractivity contribution in [2.45, 2.75) is 71.9 Å². The van der Waals surface area contributed by atoms with E-state index in [0.717, 1.165) is 6.42 Å². The van der Waals surface area contributed by atoms with E-state index in [4.69, 9.17) is 24.7 Å². The van der Waals surface area contributed by atoms with Gasteiger partial charge < -0.3 is 24.7 Å². The Morgan fingerprint density at radius 1 is 1.03 bits per heavy atom. The molecule has 0 heterocycles. The summed E-state index contributed by atoms with van der Waals surface area (Å²) in [7, 11) is 1.22. The Bertz CT molecular complexity index is 837. The molecule has 3 atom stereocenters. The molecule has 2 N–H and O–H groups in total. The standard InChI is InChI=1S/C23H33NO8/c1-7-14(2)10-21(27)30-15(3)12-23(24,22(28)29-6)13-18-8-9-19(31-16(4)25)20(11-18)32-17(5)26/h8-9,11,14-15H,7,10,12-13,24H2,1-6H3/t14?,15?,23-/m1/s1. The Labute approximate surface area is 188 Å². The average Bonchev–Trinajstić information content (AvgIpc) is 2.67. The van der Waals surface area contributed by atoms with Crippen molar-refractivity contribution in [2.75, 3.05) is 7.11 Å². The first-order chi connectivity index (χ1) is 14.9. The van der Waals surface area contributed by atoms with Crippen molar-refractivity contribution in [3.05, 3.63) is 23.8 Å². The summed E-state index contributed by atoms with van der Waals surface area (Å²) in [5, 5.41) is 0. The van der Waals surface area contributed by atoms with Crippen LogP contribution in [0.2, 0.25) is 0 Å². The highest BCUT2D eigenvalue weighted by Crippen LogP contribution is 2.31. The third-order valence-electron chi connectivity index (χ3n) is 4.82. The molecule has 1 rings (SSSR count). The third kappa shape index (κ3) is 8.66. The van der Waals surface area contributed by atoms with Crippen molar-refractivity contribution in [3.8, 4) is 11.5 Å². The Balaban J connectivity index is 3.09. The molecule has 9 heteroatoms. The van der Waals surface area contributed by atoms with Gasteiger partial charge in [-0.05, 0) is 30.5 Å². The summed E-state index contributed by atoms with van der Waals surface area (Å²) in [4.78, 5) is 47.4. The second-order valence-corrected chi connectivity index (χ2v) is 8.02. The first-order valence-electron chi connectivity index (χ1n) is 10.5. The fourth-order valence-electron chi connectivity index (χ4n) is 3.19. The van der Waals surface area contributed by atoms with Crippen molar-refractivity contribution in [2.24, 2.45) is 11.7 Å². The predicted octanol–water partition coefficient (Wildman–Crippen LogP) is 2.71. The van der Waals surface area contributed by atoms with Gasteiger partial charge >= 0.3 is 23.9 Å². The Morgan fingerprint density at radius 3 is 2.16 bits per heavy atom. The summed E-state index contributed by atoms with van der Waals surface area (Å²) in [5.41, 5.74) is 5.42. The minimum absolute atomic E-state index is 0.00153. The van der Waals surface area contributed by atoms with E-state index in [1.165, 1.54) is 33.1 Å². The van der Waals surface area contributed by atoms with Crippen molar-refractivity contribution >= 4 is 23.9 Å². The lowest BCUT2D eigenvalue weighted by molar-refractivity contribution is -0.155. The topological polar surface area (TPSA) is 131 Å². The molecule has 1 aromatic carbocycles. The molecular weight excluding hydrogens is 418 g/mol. The highest BCUT2D eigenvalue weighted by Gasteiger charge is 2.38. The first kappa shape index (κ1) is 27.1. The quantitative estimate of drug-likeness (QED) is 0.398. The molecule has 0 radical (unpaired) electrons. The van der Waals surface area contributed by atoms with Crippen molar-refractivity contribution < 1.29 is 38.1 Å². The number of esters is 4. The number of hydrogen-bond acceptors (Lipinski definition) is 9. The number of carbonyl (C=O) groups is 4. The SMILES string of the molecule is CCC(C)CC(=O)OC(C)C[C@@](N)(Cc1ccc(OC(C)=O)c(OC(C)=O)c1)C(=O)OC. The lowest BCUT2D eigenvalue weighted by Crippen LogP contribution is -2.53. The zero-order valence-corrected chi connectivity index (χ0v) is 19.6. The molecule has 0 saturated carbocycles. The van der Waals surface area contributed by atoms with Crippen LogP contribution in [0.5, 0.6) is 11.5 Å². The van der Waals surface area contributed by atoms with E-state index in [1.807, 2.05) is 13.8 Å². The van der Waals surface area contributed by atoms with Gasteiger partial charge in [-0.1, -0.05) is 26.3 Å². The van der Waals surface area contributed by atoms with Gasteiger partial charge in [0.15, 0.2) is 11.5 Å². The molecule has 0 aliphatic heterocycles. The summed E-state index contributed by atoms with van der Waals surface area (Å²) in [5.74, 6) is -1.96. The molecule has 178 valence electrons. The molecular formula is C23H33NO8. The molecule has 0 saturated heterocycles. The third-order valence-corrected chi connectivity index (χ3v) is 4.82. The summed E-state index contributed by atoms with van der Waals surface area (Å²) >= 11 is 0. The maximum atomic E-state index is 12.5. The smallest absolute Gasteiger partial charge is 0.326 e. The molecule has 2 unspecified atom stereocenters. The summed E-state index contributed by atoms with van der Waals surface area (Å²) in [6.45, 7) is 8.03. The van der Waals surface area contributed by atoms with Crippen LogP contribution in [0.15, 0.2) is 18.2 Å². The molecule has 0 bridgehead atoms. The first-order valence-corrected chi connectivity index (χ1v) is 10.5. The number of nitrogens with two attached hydrogens (primary N) is 1. The summed E-state index contributed by atoms with van der Waals surface area (Å²) in [6, 6.07) is 4.50. The number of carbonyl (C=O) groups excluding carboxylic acids is 4. The van der Waals surface area contributed by atoms with E-state index in [2.05, 4.69) is 0 Å². The molecule has 0 aliphatic rings. The normalized spacial score (nSPS) is 14.5. The van der Waals surface area contributed by atoms with E-state index in [0.29, 0.717) is 5.56 Å². The van der Waals surface area contributed by atoms with Crippen LogP contribution in [0, 0.1) is 5.92 Å². The largest absolute Gasteiger partial charge is 0.468 e. The second kappa shape index (κ2) is 12.2. The van der Waals surface area contributed by atoms with E-state index in [9.17, 15) is 19.2 Å². The van der Waals surface area contributed by atoms with Crippen LogP contribution < -0.4 is 15.2 Å². The van der Waals surface area contributed by atoms with Crippen molar-refractivity contribution in [3.63, 3.8) is 0 Å². The van der Waals surface area contributed by atoms with Crippen molar-refractivity contribution in [1.29, 1.82) is 0 Å².